The Kier molecular flexibility index (Phi) is 5.46. The molecule has 1 heterocycles. The predicted octanol–water partition coefficient (Wildman–Crippen LogP) is 5.64. The zero-order valence-corrected chi connectivity index (χ0v) is 14.4. The van der Waals surface area contributed by atoms with Gasteiger partial charge < -0.3 is 10.6 Å². The topological polar surface area (TPSA) is 49.8 Å². The van der Waals surface area contributed by atoms with Gasteiger partial charge in [0, 0.05) is 18.4 Å². The molecule has 0 fully saturated rings. The molecule has 2 aromatic carbocycles. The minimum atomic E-state index is -4.55. The molecule has 0 saturated carbocycles. The summed E-state index contributed by atoms with van der Waals surface area (Å²) in [5, 5.41) is 5.38. The van der Waals surface area contributed by atoms with Crippen molar-refractivity contribution in [1.29, 1.82) is 0 Å². The van der Waals surface area contributed by atoms with E-state index in [9.17, 15) is 17.6 Å². The Morgan fingerprint density at radius 2 is 1.74 bits per heavy atom. The van der Waals surface area contributed by atoms with Gasteiger partial charge in [0.05, 0.1) is 10.6 Å². The molecular formula is C18H13ClF4N4. The quantitative estimate of drug-likeness (QED) is 0.548. The maximum atomic E-state index is 12.9. The van der Waals surface area contributed by atoms with Crippen LogP contribution in [0.1, 0.15) is 11.1 Å². The van der Waals surface area contributed by atoms with Gasteiger partial charge >= 0.3 is 6.18 Å². The second-order valence-electron chi connectivity index (χ2n) is 5.56. The first-order valence-corrected chi connectivity index (χ1v) is 8.14. The van der Waals surface area contributed by atoms with Crippen molar-refractivity contribution in [2.75, 3.05) is 10.6 Å². The van der Waals surface area contributed by atoms with Crippen molar-refractivity contribution in [2.24, 2.45) is 0 Å². The van der Waals surface area contributed by atoms with Crippen LogP contribution < -0.4 is 10.6 Å². The molecule has 0 aliphatic heterocycles. The van der Waals surface area contributed by atoms with Crippen LogP contribution in [0.25, 0.3) is 0 Å². The Balaban J connectivity index is 1.71. The third kappa shape index (κ3) is 5.07. The lowest BCUT2D eigenvalue weighted by Crippen LogP contribution is -2.07. The molecule has 0 amide bonds. The van der Waals surface area contributed by atoms with Crippen molar-refractivity contribution >= 4 is 29.1 Å². The van der Waals surface area contributed by atoms with Crippen LogP contribution in [0.5, 0.6) is 0 Å². The summed E-state index contributed by atoms with van der Waals surface area (Å²) in [6, 6.07) is 10.9. The molecule has 0 aliphatic carbocycles. The molecular weight excluding hydrogens is 384 g/mol. The van der Waals surface area contributed by atoms with Crippen molar-refractivity contribution in [3.05, 3.63) is 76.7 Å². The number of hydrogen-bond acceptors (Lipinski definition) is 4. The number of alkyl halides is 3. The van der Waals surface area contributed by atoms with Crippen LogP contribution in [-0.2, 0) is 12.7 Å². The average Bonchev–Trinajstić information content (AvgIpc) is 2.62. The van der Waals surface area contributed by atoms with E-state index >= 15 is 0 Å². The first kappa shape index (κ1) is 18.9. The molecule has 0 spiro atoms. The number of anilines is 3. The molecule has 2 N–H and O–H groups in total. The van der Waals surface area contributed by atoms with E-state index < -0.39 is 11.7 Å². The lowest BCUT2D eigenvalue weighted by molar-refractivity contribution is -0.137. The zero-order valence-electron chi connectivity index (χ0n) is 13.7. The Bertz CT molecular complexity index is 929. The zero-order chi connectivity index (χ0) is 19.4. The van der Waals surface area contributed by atoms with Crippen LogP contribution >= 0.6 is 11.6 Å². The van der Waals surface area contributed by atoms with E-state index in [1.54, 1.807) is 12.1 Å². The fraction of sp³-hybridized carbons (Fsp3) is 0.111. The number of nitrogens with zero attached hydrogens (tertiary/aromatic N) is 2. The lowest BCUT2D eigenvalue weighted by atomic mass is 10.2. The molecule has 0 aliphatic rings. The van der Waals surface area contributed by atoms with Crippen LogP contribution in [0, 0.1) is 5.82 Å². The second kappa shape index (κ2) is 7.79. The molecule has 140 valence electrons. The van der Waals surface area contributed by atoms with Gasteiger partial charge in [0.25, 0.3) is 0 Å². The van der Waals surface area contributed by atoms with Gasteiger partial charge in [-0.1, -0.05) is 23.7 Å². The maximum absolute atomic E-state index is 12.9. The Morgan fingerprint density at radius 1 is 1.00 bits per heavy atom. The summed E-state index contributed by atoms with van der Waals surface area (Å²) in [5.74, 6) is 0.249. The molecule has 1 aromatic heterocycles. The molecule has 0 saturated heterocycles. The van der Waals surface area contributed by atoms with E-state index in [4.69, 9.17) is 11.6 Å². The van der Waals surface area contributed by atoms with Crippen molar-refractivity contribution in [1.82, 2.24) is 9.97 Å². The maximum Gasteiger partial charge on any atom is 0.417 e. The molecule has 0 atom stereocenters. The van der Waals surface area contributed by atoms with E-state index in [0.29, 0.717) is 12.4 Å². The molecule has 0 bridgehead atoms. The summed E-state index contributed by atoms with van der Waals surface area (Å²) in [4.78, 5) is 8.24. The predicted molar refractivity (Wildman–Crippen MR) is 95.5 cm³/mol. The highest BCUT2D eigenvalue weighted by molar-refractivity contribution is 6.31. The van der Waals surface area contributed by atoms with Crippen molar-refractivity contribution < 1.29 is 17.6 Å². The summed E-state index contributed by atoms with van der Waals surface area (Å²) >= 11 is 5.61. The van der Waals surface area contributed by atoms with E-state index in [0.717, 1.165) is 11.6 Å². The van der Waals surface area contributed by atoms with Gasteiger partial charge in [0.1, 0.15) is 11.6 Å². The average molecular weight is 397 g/mol. The molecule has 4 nitrogen and oxygen atoms in total. The molecule has 3 aromatic rings. The summed E-state index contributed by atoms with van der Waals surface area (Å²) in [6.07, 6.45) is -3.09. The number of benzene rings is 2. The van der Waals surface area contributed by atoms with Gasteiger partial charge in [-0.3, -0.25) is 0 Å². The minimum absolute atomic E-state index is 0.190. The van der Waals surface area contributed by atoms with E-state index in [1.165, 1.54) is 36.5 Å². The van der Waals surface area contributed by atoms with Crippen LogP contribution in [-0.4, -0.2) is 9.97 Å². The van der Waals surface area contributed by atoms with Crippen LogP contribution in [0.15, 0.2) is 54.7 Å². The van der Waals surface area contributed by atoms with Gasteiger partial charge in [0.15, 0.2) is 0 Å². The minimum Gasteiger partial charge on any atom is -0.350 e. The summed E-state index contributed by atoms with van der Waals surface area (Å²) < 4.78 is 51.7. The standard InChI is InChI=1S/C18H13ClF4N4/c19-15-6-5-13(9-14(15)18(21,22)23)26-16-7-8-24-17(27-16)25-10-11-1-3-12(20)4-2-11/h1-9H,10H2,(H2,24,25,26,27). The highest BCUT2D eigenvalue weighted by Gasteiger charge is 2.33. The fourth-order valence-corrected chi connectivity index (χ4v) is 2.49. The van der Waals surface area contributed by atoms with Crippen molar-refractivity contribution in [3.63, 3.8) is 0 Å². The third-order valence-electron chi connectivity index (χ3n) is 3.56. The molecule has 0 unspecified atom stereocenters. The van der Waals surface area contributed by atoms with E-state index in [2.05, 4.69) is 20.6 Å². The summed E-state index contributed by atoms with van der Waals surface area (Å²) in [6.45, 7) is 0.364. The molecule has 3 rings (SSSR count). The third-order valence-corrected chi connectivity index (χ3v) is 3.89. The van der Waals surface area contributed by atoms with Gasteiger partial charge in [-0.15, -0.1) is 0 Å². The first-order chi connectivity index (χ1) is 12.8. The number of halogens is 5. The number of nitrogens with one attached hydrogen (secondary N) is 2. The van der Waals surface area contributed by atoms with Crippen LogP contribution in [0.2, 0.25) is 5.02 Å². The van der Waals surface area contributed by atoms with Gasteiger partial charge in [0.2, 0.25) is 5.95 Å². The lowest BCUT2D eigenvalue weighted by Gasteiger charge is -2.12. The summed E-state index contributed by atoms with van der Waals surface area (Å²) in [7, 11) is 0. The van der Waals surface area contributed by atoms with E-state index in [1.807, 2.05) is 0 Å². The number of hydrogen-bond donors (Lipinski definition) is 2. The Morgan fingerprint density at radius 3 is 2.44 bits per heavy atom. The molecule has 0 radical (unpaired) electrons. The monoisotopic (exact) mass is 396 g/mol. The van der Waals surface area contributed by atoms with Gasteiger partial charge in [-0.2, -0.15) is 18.2 Å². The van der Waals surface area contributed by atoms with Crippen LogP contribution in [0.3, 0.4) is 0 Å². The van der Waals surface area contributed by atoms with Crippen molar-refractivity contribution in [3.8, 4) is 0 Å². The smallest absolute Gasteiger partial charge is 0.350 e. The number of aromatic nitrogens is 2. The Labute approximate surface area is 157 Å². The highest BCUT2D eigenvalue weighted by Crippen LogP contribution is 2.36. The van der Waals surface area contributed by atoms with Crippen molar-refractivity contribution in [2.45, 2.75) is 12.7 Å². The molecule has 9 heteroatoms. The van der Waals surface area contributed by atoms with Crippen LogP contribution in [0.4, 0.5) is 35.0 Å². The number of rotatable bonds is 5. The SMILES string of the molecule is Fc1ccc(CNc2nccc(Nc3ccc(Cl)c(C(F)(F)F)c3)n2)cc1. The van der Waals surface area contributed by atoms with E-state index in [-0.39, 0.29) is 22.5 Å². The first-order valence-electron chi connectivity index (χ1n) is 7.76. The Hall–Kier alpha value is -2.87. The second-order valence-corrected chi connectivity index (χ2v) is 5.97. The van der Waals surface area contributed by atoms with Gasteiger partial charge in [-0.25, -0.2) is 9.37 Å². The van der Waals surface area contributed by atoms with Gasteiger partial charge in [-0.05, 0) is 42.0 Å². The fourth-order valence-electron chi connectivity index (χ4n) is 2.27. The summed E-state index contributed by atoms with van der Waals surface area (Å²) in [5.41, 5.74) is 0.0821. The largest absolute Gasteiger partial charge is 0.417 e. The highest BCUT2D eigenvalue weighted by atomic mass is 35.5. The molecule has 27 heavy (non-hydrogen) atoms. The normalized spacial score (nSPS) is 11.3.